The van der Waals surface area contributed by atoms with E-state index in [9.17, 15) is 28.8 Å². The minimum Gasteiger partial charge on any atom is -0.504 e. The Morgan fingerprint density at radius 2 is 1.33 bits per heavy atom. The first-order valence-electron chi connectivity index (χ1n) is 5.76. The first-order chi connectivity index (χ1) is 9.73. The Labute approximate surface area is 121 Å². The van der Waals surface area contributed by atoms with Crippen LogP contribution >= 0.6 is 0 Å². The summed E-state index contributed by atoms with van der Waals surface area (Å²) in [6.45, 7) is 0. The van der Waals surface area contributed by atoms with E-state index in [1.165, 1.54) is 13.1 Å². The summed E-state index contributed by atoms with van der Waals surface area (Å²) < 4.78 is 25.6. The molecule has 0 fully saturated rings. The zero-order valence-corrected chi connectivity index (χ0v) is 11.7. The number of phenols is 4. The Kier molecular flexibility index (Phi) is 3.56. The molecule has 0 saturated heterocycles. The first-order valence-corrected chi connectivity index (χ1v) is 7.20. The maximum absolute atomic E-state index is 12.4. The van der Waals surface area contributed by atoms with Gasteiger partial charge < -0.3 is 20.4 Å². The van der Waals surface area contributed by atoms with Crippen molar-refractivity contribution in [2.24, 2.45) is 0 Å². The largest absolute Gasteiger partial charge is 0.504 e. The van der Waals surface area contributed by atoms with Gasteiger partial charge in [0.25, 0.3) is 10.0 Å². The highest BCUT2D eigenvalue weighted by Gasteiger charge is 2.23. The third-order valence-corrected chi connectivity index (χ3v) is 4.71. The van der Waals surface area contributed by atoms with Crippen LogP contribution in [0.3, 0.4) is 0 Å². The van der Waals surface area contributed by atoms with E-state index in [4.69, 9.17) is 0 Å². The van der Waals surface area contributed by atoms with E-state index in [-0.39, 0.29) is 16.3 Å². The summed E-state index contributed by atoms with van der Waals surface area (Å²) in [7, 11) is -2.74. The highest BCUT2D eigenvalue weighted by molar-refractivity contribution is 7.92. The second-order valence-corrected chi connectivity index (χ2v) is 6.27. The van der Waals surface area contributed by atoms with Crippen LogP contribution in [0.15, 0.2) is 41.3 Å². The molecule has 0 aliphatic heterocycles. The van der Waals surface area contributed by atoms with Crippen molar-refractivity contribution >= 4 is 15.7 Å². The van der Waals surface area contributed by atoms with Gasteiger partial charge in [0.15, 0.2) is 23.0 Å². The summed E-state index contributed by atoms with van der Waals surface area (Å²) in [5.74, 6) is -1.81. The predicted molar refractivity (Wildman–Crippen MR) is 75.1 cm³/mol. The van der Waals surface area contributed by atoms with E-state index in [1.807, 2.05) is 0 Å². The van der Waals surface area contributed by atoms with Gasteiger partial charge in [-0.05, 0) is 24.3 Å². The number of nitrogens with zero attached hydrogens (tertiary/aromatic N) is 1. The summed E-state index contributed by atoms with van der Waals surface area (Å²) in [4.78, 5) is -0.229. The van der Waals surface area contributed by atoms with Gasteiger partial charge >= 0.3 is 0 Å². The molecule has 0 aliphatic rings. The maximum Gasteiger partial charge on any atom is 0.264 e. The molecule has 112 valence electrons. The highest BCUT2D eigenvalue weighted by Crippen LogP contribution is 2.33. The maximum atomic E-state index is 12.4. The number of aromatic hydroxyl groups is 4. The van der Waals surface area contributed by atoms with E-state index in [0.717, 1.165) is 34.6 Å². The number of hydrogen-bond donors (Lipinski definition) is 4. The van der Waals surface area contributed by atoms with Crippen molar-refractivity contribution in [2.75, 3.05) is 11.4 Å². The van der Waals surface area contributed by atoms with Gasteiger partial charge in [-0.15, -0.1) is 0 Å². The number of rotatable bonds is 3. The quantitative estimate of drug-likeness (QED) is 0.635. The molecule has 0 unspecified atom stereocenters. The summed E-state index contributed by atoms with van der Waals surface area (Å²) >= 11 is 0. The van der Waals surface area contributed by atoms with Crippen LogP contribution in [0.5, 0.6) is 23.0 Å². The molecular weight excluding hydrogens is 298 g/mol. The van der Waals surface area contributed by atoms with Gasteiger partial charge in [-0.2, -0.15) is 0 Å². The lowest BCUT2D eigenvalue weighted by Crippen LogP contribution is -2.26. The molecule has 4 N–H and O–H groups in total. The molecule has 7 nitrogen and oxygen atoms in total. The topological polar surface area (TPSA) is 118 Å². The minimum atomic E-state index is -3.99. The summed E-state index contributed by atoms with van der Waals surface area (Å²) in [6, 6.07) is 6.68. The van der Waals surface area contributed by atoms with Crippen molar-refractivity contribution in [3.63, 3.8) is 0 Å². The van der Waals surface area contributed by atoms with E-state index >= 15 is 0 Å². The van der Waals surface area contributed by atoms with Crippen molar-refractivity contribution in [2.45, 2.75) is 4.90 Å². The molecule has 0 amide bonds. The van der Waals surface area contributed by atoms with Crippen molar-refractivity contribution in [3.8, 4) is 23.0 Å². The third-order valence-electron chi connectivity index (χ3n) is 2.93. The second-order valence-electron chi connectivity index (χ2n) is 4.30. The molecule has 0 heterocycles. The van der Waals surface area contributed by atoms with Crippen molar-refractivity contribution in [3.05, 3.63) is 36.4 Å². The van der Waals surface area contributed by atoms with Crippen LogP contribution in [0.25, 0.3) is 0 Å². The van der Waals surface area contributed by atoms with Crippen LogP contribution in [-0.4, -0.2) is 35.9 Å². The normalized spacial score (nSPS) is 11.3. The van der Waals surface area contributed by atoms with Crippen LogP contribution in [0, 0.1) is 0 Å². The zero-order chi connectivity index (χ0) is 15.8. The molecule has 0 spiro atoms. The molecular formula is C13H13NO6S. The fourth-order valence-electron chi connectivity index (χ4n) is 1.67. The lowest BCUT2D eigenvalue weighted by molar-refractivity contribution is 0.402. The van der Waals surface area contributed by atoms with Crippen molar-refractivity contribution in [1.82, 2.24) is 0 Å². The molecule has 0 aliphatic carbocycles. The lowest BCUT2D eigenvalue weighted by Gasteiger charge is -2.20. The van der Waals surface area contributed by atoms with Gasteiger partial charge in [0.1, 0.15) is 0 Å². The Morgan fingerprint density at radius 1 is 0.810 bits per heavy atom. The molecule has 0 radical (unpaired) electrons. The summed E-state index contributed by atoms with van der Waals surface area (Å²) in [5.41, 5.74) is 0.123. The van der Waals surface area contributed by atoms with Gasteiger partial charge in [0, 0.05) is 19.2 Å². The second kappa shape index (κ2) is 5.06. The van der Waals surface area contributed by atoms with Crippen molar-refractivity contribution in [1.29, 1.82) is 0 Å². The molecule has 21 heavy (non-hydrogen) atoms. The van der Waals surface area contributed by atoms with Gasteiger partial charge in [0.2, 0.25) is 0 Å². The fraction of sp³-hybridized carbons (Fsp3) is 0.0769. The molecule has 0 atom stereocenters. The van der Waals surface area contributed by atoms with E-state index in [0.29, 0.717) is 0 Å². The van der Waals surface area contributed by atoms with Gasteiger partial charge in [-0.25, -0.2) is 8.42 Å². The Morgan fingerprint density at radius 3 is 1.86 bits per heavy atom. The number of hydrogen-bond acceptors (Lipinski definition) is 6. The first kappa shape index (κ1) is 14.8. The summed E-state index contributed by atoms with van der Waals surface area (Å²) in [5, 5.41) is 37.3. The SMILES string of the molecule is CN(c1ccc(O)c(O)c1)S(=O)(=O)c1ccc(O)c(O)c1. The lowest BCUT2D eigenvalue weighted by atomic mass is 10.3. The molecule has 2 aromatic rings. The van der Waals surface area contributed by atoms with E-state index in [2.05, 4.69) is 0 Å². The molecule has 8 heteroatoms. The zero-order valence-electron chi connectivity index (χ0n) is 10.9. The highest BCUT2D eigenvalue weighted by atomic mass is 32.2. The molecule has 0 bridgehead atoms. The summed E-state index contributed by atoms with van der Waals surface area (Å²) in [6.07, 6.45) is 0. The standard InChI is InChI=1S/C13H13NO6S/c1-14(8-2-4-10(15)12(17)6-8)21(19,20)9-3-5-11(16)13(18)7-9/h2-7,15-18H,1H3. The number of sulfonamides is 1. The van der Waals surface area contributed by atoms with Crippen LogP contribution in [0.4, 0.5) is 5.69 Å². The number of anilines is 1. The van der Waals surface area contributed by atoms with Crippen LogP contribution < -0.4 is 4.31 Å². The predicted octanol–water partition coefficient (Wildman–Crippen LogP) is 1.33. The molecule has 0 saturated carbocycles. The third kappa shape index (κ3) is 2.65. The Hall–Kier alpha value is -2.61. The average Bonchev–Trinajstić information content (AvgIpc) is 2.44. The van der Waals surface area contributed by atoms with Gasteiger partial charge in [0.05, 0.1) is 10.6 Å². The van der Waals surface area contributed by atoms with Crippen molar-refractivity contribution < 1.29 is 28.8 Å². The minimum absolute atomic E-state index is 0.123. The Balaban J connectivity index is 2.46. The number of benzene rings is 2. The molecule has 2 aromatic carbocycles. The molecule has 0 aromatic heterocycles. The van der Waals surface area contributed by atoms with Crippen LogP contribution in [0.1, 0.15) is 0 Å². The average molecular weight is 311 g/mol. The van der Waals surface area contributed by atoms with Gasteiger partial charge in [-0.3, -0.25) is 4.31 Å². The smallest absolute Gasteiger partial charge is 0.264 e. The van der Waals surface area contributed by atoms with E-state index in [1.54, 1.807) is 0 Å². The van der Waals surface area contributed by atoms with Gasteiger partial charge in [-0.1, -0.05) is 0 Å². The monoisotopic (exact) mass is 311 g/mol. The number of phenolic OH excluding ortho intramolecular Hbond substituents is 4. The van der Waals surface area contributed by atoms with Crippen LogP contribution in [0.2, 0.25) is 0 Å². The fourth-order valence-corrected chi connectivity index (χ4v) is 2.88. The van der Waals surface area contributed by atoms with Crippen LogP contribution in [-0.2, 0) is 10.0 Å². The Bertz CT molecular complexity index is 787. The molecule has 2 rings (SSSR count). The van der Waals surface area contributed by atoms with E-state index < -0.39 is 27.3 Å².